The van der Waals surface area contributed by atoms with Gasteiger partial charge in [-0.2, -0.15) is 0 Å². The molecule has 4 heteroatoms. The SMILES string of the molecule is CNC(=O)CCC(=O)C(C)(C)O. The second-order valence-electron chi connectivity index (χ2n) is 3.16. The van der Waals surface area contributed by atoms with Crippen LogP contribution < -0.4 is 5.32 Å². The molecule has 0 saturated heterocycles. The first-order chi connectivity index (χ1) is 5.38. The Kier molecular flexibility index (Phi) is 3.89. The molecule has 4 nitrogen and oxygen atoms in total. The van der Waals surface area contributed by atoms with Gasteiger partial charge in [-0.3, -0.25) is 9.59 Å². The summed E-state index contributed by atoms with van der Waals surface area (Å²) >= 11 is 0. The predicted molar refractivity (Wildman–Crippen MR) is 44.6 cm³/mol. The van der Waals surface area contributed by atoms with Crippen molar-refractivity contribution in [2.45, 2.75) is 32.3 Å². The van der Waals surface area contributed by atoms with Gasteiger partial charge >= 0.3 is 0 Å². The minimum atomic E-state index is -1.33. The van der Waals surface area contributed by atoms with Gasteiger partial charge in [0.05, 0.1) is 0 Å². The summed E-state index contributed by atoms with van der Waals surface area (Å²) in [5, 5.41) is 11.6. The molecule has 1 amide bonds. The highest BCUT2D eigenvalue weighted by atomic mass is 16.3. The van der Waals surface area contributed by atoms with Gasteiger partial charge in [-0.15, -0.1) is 0 Å². The number of rotatable bonds is 4. The number of hydrogen-bond acceptors (Lipinski definition) is 3. The van der Waals surface area contributed by atoms with Crippen molar-refractivity contribution in [2.75, 3.05) is 7.05 Å². The molecule has 12 heavy (non-hydrogen) atoms. The largest absolute Gasteiger partial charge is 0.383 e. The number of Topliss-reactive ketones (excluding diaryl/α,β-unsaturated/α-hetero) is 1. The Morgan fingerprint density at radius 3 is 2.17 bits per heavy atom. The molecule has 0 bridgehead atoms. The van der Waals surface area contributed by atoms with Crippen molar-refractivity contribution in [1.82, 2.24) is 5.32 Å². The highest BCUT2D eigenvalue weighted by molar-refractivity contribution is 5.89. The van der Waals surface area contributed by atoms with Crippen molar-refractivity contribution in [3.63, 3.8) is 0 Å². The third kappa shape index (κ3) is 4.08. The average molecular weight is 173 g/mol. The van der Waals surface area contributed by atoms with E-state index in [1.807, 2.05) is 0 Å². The zero-order valence-electron chi connectivity index (χ0n) is 7.68. The van der Waals surface area contributed by atoms with Gasteiger partial charge in [0.2, 0.25) is 5.91 Å². The van der Waals surface area contributed by atoms with E-state index in [0.29, 0.717) is 0 Å². The molecular weight excluding hydrogens is 158 g/mol. The van der Waals surface area contributed by atoms with Crippen LogP contribution in [0.3, 0.4) is 0 Å². The third-order valence-electron chi connectivity index (χ3n) is 1.54. The number of amides is 1. The maximum absolute atomic E-state index is 11.1. The van der Waals surface area contributed by atoms with Crippen molar-refractivity contribution < 1.29 is 14.7 Å². The van der Waals surface area contributed by atoms with Crippen LogP contribution in [0.2, 0.25) is 0 Å². The van der Waals surface area contributed by atoms with Crippen molar-refractivity contribution in [3.05, 3.63) is 0 Å². The first-order valence-electron chi connectivity index (χ1n) is 3.84. The lowest BCUT2D eigenvalue weighted by Crippen LogP contribution is -2.32. The first-order valence-corrected chi connectivity index (χ1v) is 3.84. The summed E-state index contributed by atoms with van der Waals surface area (Å²) in [6, 6.07) is 0. The molecule has 0 atom stereocenters. The zero-order valence-corrected chi connectivity index (χ0v) is 7.68. The van der Waals surface area contributed by atoms with E-state index in [1.165, 1.54) is 20.9 Å². The summed E-state index contributed by atoms with van der Waals surface area (Å²) < 4.78 is 0. The lowest BCUT2D eigenvalue weighted by Gasteiger charge is -2.14. The number of ketones is 1. The van der Waals surface area contributed by atoms with Crippen LogP contribution in [0.25, 0.3) is 0 Å². The number of carbonyl (C=O) groups excluding carboxylic acids is 2. The second-order valence-corrected chi connectivity index (χ2v) is 3.16. The Morgan fingerprint density at radius 1 is 1.33 bits per heavy atom. The molecule has 0 fully saturated rings. The molecule has 0 heterocycles. The molecule has 0 aromatic heterocycles. The van der Waals surface area contributed by atoms with Crippen molar-refractivity contribution in [1.29, 1.82) is 0 Å². The van der Waals surface area contributed by atoms with E-state index in [1.54, 1.807) is 0 Å². The van der Waals surface area contributed by atoms with E-state index in [-0.39, 0.29) is 24.5 Å². The molecule has 0 aromatic rings. The molecule has 0 aliphatic carbocycles. The fourth-order valence-electron chi connectivity index (χ4n) is 0.658. The summed E-state index contributed by atoms with van der Waals surface area (Å²) in [7, 11) is 1.51. The molecule has 0 aliphatic heterocycles. The Balaban J connectivity index is 3.81. The number of aliphatic hydroxyl groups is 1. The summed E-state index contributed by atoms with van der Waals surface area (Å²) in [5.74, 6) is -0.501. The Morgan fingerprint density at radius 2 is 1.83 bits per heavy atom. The Hall–Kier alpha value is -0.900. The highest BCUT2D eigenvalue weighted by Crippen LogP contribution is 2.07. The van der Waals surface area contributed by atoms with Crippen LogP contribution in [0.4, 0.5) is 0 Å². The zero-order chi connectivity index (χ0) is 9.78. The molecule has 0 aliphatic rings. The van der Waals surface area contributed by atoms with Crippen LogP contribution in [-0.2, 0) is 9.59 Å². The van der Waals surface area contributed by atoms with Gasteiger partial charge in [0.25, 0.3) is 0 Å². The first kappa shape index (κ1) is 11.1. The Bertz CT molecular complexity index is 181. The van der Waals surface area contributed by atoms with Crippen LogP contribution in [-0.4, -0.2) is 29.4 Å². The second kappa shape index (κ2) is 4.21. The summed E-state index contributed by atoms with van der Waals surface area (Å²) in [5.41, 5.74) is -1.33. The predicted octanol–water partition coefficient (Wildman–Crippen LogP) is -0.147. The summed E-state index contributed by atoms with van der Waals surface area (Å²) in [6.45, 7) is 2.83. The average Bonchev–Trinajstić information content (AvgIpc) is 1.97. The van der Waals surface area contributed by atoms with Crippen LogP contribution >= 0.6 is 0 Å². The maximum Gasteiger partial charge on any atom is 0.220 e. The third-order valence-corrected chi connectivity index (χ3v) is 1.54. The molecule has 0 saturated carbocycles. The molecule has 0 spiro atoms. The van der Waals surface area contributed by atoms with Gasteiger partial charge in [0.15, 0.2) is 5.78 Å². The lowest BCUT2D eigenvalue weighted by molar-refractivity contribution is -0.135. The smallest absolute Gasteiger partial charge is 0.220 e. The monoisotopic (exact) mass is 173 g/mol. The molecule has 0 radical (unpaired) electrons. The fraction of sp³-hybridized carbons (Fsp3) is 0.750. The lowest BCUT2D eigenvalue weighted by atomic mass is 10.00. The van der Waals surface area contributed by atoms with Crippen molar-refractivity contribution in [3.8, 4) is 0 Å². The number of carbonyl (C=O) groups is 2. The molecule has 70 valence electrons. The minimum absolute atomic E-state index is 0.0865. The van der Waals surface area contributed by atoms with E-state index in [4.69, 9.17) is 0 Å². The van der Waals surface area contributed by atoms with Crippen LogP contribution in [0, 0.1) is 0 Å². The van der Waals surface area contributed by atoms with Crippen molar-refractivity contribution in [2.24, 2.45) is 0 Å². The molecular formula is C8H15NO3. The van der Waals surface area contributed by atoms with Crippen LogP contribution in [0.15, 0.2) is 0 Å². The molecule has 2 N–H and O–H groups in total. The molecule has 0 rings (SSSR count). The number of nitrogens with one attached hydrogen (secondary N) is 1. The maximum atomic E-state index is 11.1. The van der Waals surface area contributed by atoms with Gasteiger partial charge < -0.3 is 10.4 Å². The van der Waals surface area contributed by atoms with Gasteiger partial charge in [-0.25, -0.2) is 0 Å². The van der Waals surface area contributed by atoms with E-state index in [0.717, 1.165) is 0 Å². The van der Waals surface area contributed by atoms with E-state index >= 15 is 0 Å². The van der Waals surface area contributed by atoms with Gasteiger partial charge in [-0.05, 0) is 13.8 Å². The fourth-order valence-corrected chi connectivity index (χ4v) is 0.658. The highest BCUT2D eigenvalue weighted by Gasteiger charge is 2.23. The van der Waals surface area contributed by atoms with Gasteiger partial charge in [0.1, 0.15) is 5.60 Å². The topological polar surface area (TPSA) is 66.4 Å². The summed E-state index contributed by atoms with van der Waals surface area (Å²) in [4.78, 5) is 21.8. The normalized spacial score (nSPS) is 11.0. The van der Waals surface area contributed by atoms with E-state index in [2.05, 4.69) is 5.32 Å². The quantitative estimate of drug-likeness (QED) is 0.621. The van der Waals surface area contributed by atoms with Crippen LogP contribution in [0.1, 0.15) is 26.7 Å². The van der Waals surface area contributed by atoms with Crippen LogP contribution in [0.5, 0.6) is 0 Å². The number of hydrogen-bond donors (Lipinski definition) is 2. The van der Waals surface area contributed by atoms with Gasteiger partial charge in [-0.1, -0.05) is 0 Å². The van der Waals surface area contributed by atoms with E-state index in [9.17, 15) is 14.7 Å². The van der Waals surface area contributed by atoms with Crippen molar-refractivity contribution >= 4 is 11.7 Å². The minimum Gasteiger partial charge on any atom is -0.383 e. The van der Waals surface area contributed by atoms with Gasteiger partial charge in [0, 0.05) is 19.9 Å². The Labute approximate surface area is 72.0 Å². The van der Waals surface area contributed by atoms with E-state index < -0.39 is 5.60 Å². The standard InChI is InChI=1S/C8H15NO3/c1-8(2,12)6(10)4-5-7(11)9-3/h12H,4-5H2,1-3H3,(H,9,11). The molecule has 0 unspecified atom stereocenters. The molecule has 0 aromatic carbocycles. The summed E-state index contributed by atoms with van der Waals surface area (Å²) in [6.07, 6.45) is 0.225.